The van der Waals surface area contributed by atoms with Crippen molar-refractivity contribution >= 4 is 44.9 Å². The fourth-order valence-electron chi connectivity index (χ4n) is 5.36. The van der Waals surface area contributed by atoms with Gasteiger partial charge in [-0.3, -0.25) is 9.78 Å². The van der Waals surface area contributed by atoms with E-state index in [0.29, 0.717) is 18.1 Å². The van der Waals surface area contributed by atoms with Gasteiger partial charge in [-0.05, 0) is 105 Å². The lowest BCUT2D eigenvalue weighted by atomic mass is 9.96. The first kappa shape index (κ1) is 27.1. The number of nitrogens with one attached hydrogen (secondary N) is 2. The lowest BCUT2D eigenvalue weighted by Crippen LogP contribution is -2.33. The van der Waals surface area contributed by atoms with E-state index in [0.717, 1.165) is 49.6 Å². The second kappa shape index (κ2) is 11.3. The number of carbonyl (C=O) groups excluding carboxylic acids is 1. The van der Waals surface area contributed by atoms with Crippen molar-refractivity contribution in [2.24, 2.45) is 0 Å². The van der Waals surface area contributed by atoms with E-state index in [-0.39, 0.29) is 18.0 Å². The number of nitrogens with zero attached hydrogens (tertiary/aromatic N) is 3. The molecule has 1 fully saturated rings. The molecule has 6 nitrogen and oxygen atoms in total. The number of aryl methyl sites for hydroxylation is 3. The summed E-state index contributed by atoms with van der Waals surface area (Å²) in [5.74, 6) is -0.0353. The van der Waals surface area contributed by atoms with Gasteiger partial charge in [0.1, 0.15) is 0 Å². The SMILES string of the molecule is Cc1ccc(C)c(NC(=O)CCN2C(=S)N[C@@H](c3ccccn3)[C@@H]2c2cc(C)n(-c3ccc(Br)cc3)c2C)c1. The number of carbonyl (C=O) groups is 1. The summed E-state index contributed by atoms with van der Waals surface area (Å²) in [6.45, 7) is 8.78. The van der Waals surface area contributed by atoms with E-state index in [2.05, 4.69) is 85.2 Å². The Kier molecular flexibility index (Phi) is 7.86. The second-order valence-corrected chi connectivity index (χ2v) is 11.4. The van der Waals surface area contributed by atoms with Crippen LogP contribution in [0.1, 0.15) is 52.3 Å². The minimum Gasteiger partial charge on any atom is -0.352 e. The number of amides is 1. The van der Waals surface area contributed by atoms with E-state index < -0.39 is 0 Å². The van der Waals surface area contributed by atoms with E-state index in [9.17, 15) is 4.79 Å². The molecule has 3 heterocycles. The van der Waals surface area contributed by atoms with E-state index in [1.807, 2.05) is 56.4 Å². The van der Waals surface area contributed by atoms with Gasteiger partial charge in [0.15, 0.2) is 5.11 Å². The van der Waals surface area contributed by atoms with E-state index in [4.69, 9.17) is 12.2 Å². The van der Waals surface area contributed by atoms with Crippen LogP contribution in [-0.4, -0.2) is 32.0 Å². The number of halogens is 1. The molecule has 0 bridgehead atoms. The van der Waals surface area contributed by atoms with Crippen molar-refractivity contribution in [3.63, 3.8) is 0 Å². The molecule has 2 aromatic carbocycles. The van der Waals surface area contributed by atoms with E-state index >= 15 is 0 Å². The van der Waals surface area contributed by atoms with Crippen molar-refractivity contribution in [1.29, 1.82) is 0 Å². The Hall–Kier alpha value is -3.49. The molecule has 0 aliphatic carbocycles. The van der Waals surface area contributed by atoms with Gasteiger partial charge in [0.25, 0.3) is 0 Å². The summed E-state index contributed by atoms with van der Waals surface area (Å²) in [6, 6.07) is 22.3. The Labute approximate surface area is 243 Å². The molecule has 2 aromatic heterocycles. The lowest BCUT2D eigenvalue weighted by Gasteiger charge is -2.28. The van der Waals surface area contributed by atoms with Crippen molar-refractivity contribution < 1.29 is 4.79 Å². The summed E-state index contributed by atoms with van der Waals surface area (Å²) >= 11 is 9.39. The summed E-state index contributed by atoms with van der Waals surface area (Å²) in [5.41, 5.74) is 8.45. The molecule has 39 heavy (non-hydrogen) atoms. The molecule has 1 aliphatic rings. The number of rotatable bonds is 7. The molecule has 4 aromatic rings. The molecule has 0 unspecified atom stereocenters. The van der Waals surface area contributed by atoms with E-state index in [1.54, 1.807) is 0 Å². The fourth-order valence-corrected chi connectivity index (χ4v) is 5.96. The normalized spacial score (nSPS) is 16.8. The highest BCUT2D eigenvalue weighted by Gasteiger charge is 2.41. The van der Waals surface area contributed by atoms with Gasteiger partial charge in [0, 0.05) is 46.4 Å². The summed E-state index contributed by atoms with van der Waals surface area (Å²) in [7, 11) is 0. The van der Waals surface area contributed by atoms with Gasteiger partial charge < -0.3 is 20.1 Å². The van der Waals surface area contributed by atoms with Crippen molar-refractivity contribution in [3.8, 4) is 5.69 Å². The number of thiocarbonyl (C=S) groups is 1. The fraction of sp³-hybridized carbons (Fsp3) is 0.258. The summed E-state index contributed by atoms with van der Waals surface area (Å²) in [4.78, 5) is 19.9. The van der Waals surface area contributed by atoms with Gasteiger partial charge in [0.05, 0.1) is 17.8 Å². The topological polar surface area (TPSA) is 62.2 Å². The van der Waals surface area contributed by atoms with Crippen LogP contribution in [0, 0.1) is 27.7 Å². The first-order chi connectivity index (χ1) is 18.7. The summed E-state index contributed by atoms with van der Waals surface area (Å²) < 4.78 is 3.31. The summed E-state index contributed by atoms with van der Waals surface area (Å²) in [5, 5.41) is 7.23. The zero-order valence-corrected chi connectivity index (χ0v) is 24.9. The quantitative estimate of drug-likeness (QED) is 0.226. The second-order valence-electron chi connectivity index (χ2n) is 10.1. The minimum absolute atomic E-state index is 0.0353. The largest absolute Gasteiger partial charge is 0.352 e. The zero-order valence-electron chi connectivity index (χ0n) is 22.5. The van der Waals surface area contributed by atoms with Crippen molar-refractivity contribution in [1.82, 2.24) is 19.8 Å². The number of benzene rings is 2. The first-order valence-corrected chi connectivity index (χ1v) is 14.2. The highest BCUT2D eigenvalue weighted by atomic mass is 79.9. The Morgan fingerprint density at radius 3 is 2.54 bits per heavy atom. The van der Waals surface area contributed by atoms with E-state index in [1.165, 1.54) is 0 Å². The standard InChI is InChI=1S/C31H32BrN5OS/c1-19-8-9-20(2)27(17-19)34-28(38)14-16-36-30(29(35-31(36)39)26-7-5-6-15-33-26)25-18-21(3)37(22(25)4)24-12-10-23(32)11-13-24/h5-13,15,17-18,29-30H,14,16H2,1-4H3,(H,34,38)(H,35,39)/t29-,30-/m0/s1. The Bertz CT molecular complexity index is 1520. The van der Waals surface area contributed by atoms with Crippen LogP contribution in [0.3, 0.4) is 0 Å². The first-order valence-electron chi connectivity index (χ1n) is 13.0. The van der Waals surface area contributed by atoms with Crippen molar-refractivity contribution in [2.75, 3.05) is 11.9 Å². The van der Waals surface area contributed by atoms with Gasteiger partial charge in [-0.2, -0.15) is 0 Å². The molecule has 0 radical (unpaired) electrons. The number of anilines is 1. The van der Waals surface area contributed by atoms with Crippen LogP contribution >= 0.6 is 28.1 Å². The van der Waals surface area contributed by atoms with Gasteiger partial charge in [-0.15, -0.1) is 0 Å². The van der Waals surface area contributed by atoms with Gasteiger partial charge in [-0.1, -0.05) is 34.1 Å². The van der Waals surface area contributed by atoms with Crippen LogP contribution in [0.2, 0.25) is 0 Å². The molecular weight excluding hydrogens is 570 g/mol. The number of aromatic nitrogens is 2. The average molecular weight is 603 g/mol. The third-order valence-corrected chi connectivity index (χ3v) is 8.20. The van der Waals surface area contributed by atoms with Crippen LogP contribution < -0.4 is 10.6 Å². The number of hydrogen-bond acceptors (Lipinski definition) is 3. The molecule has 2 N–H and O–H groups in total. The molecular formula is C31H32BrN5OS. The molecule has 8 heteroatoms. The molecule has 200 valence electrons. The lowest BCUT2D eigenvalue weighted by molar-refractivity contribution is -0.116. The summed E-state index contributed by atoms with van der Waals surface area (Å²) in [6.07, 6.45) is 2.12. The molecule has 0 spiro atoms. The molecule has 1 aliphatic heterocycles. The molecule has 2 atom stereocenters. The monoisotopic (exact) mass is 601 g/mol. The Morgan fingerprint density at radius 1 is 1.05 bits per heavy atom. The van der Waals surface area contributed by atoms with Gasteiger partial charge >= 0.3 is 0 Å². The average Bonchev–Trinajstić information content (AvgIpc) is 3.40. The van der Waals surface area contributed by atoms with Crippen molar-refractivity contribution in [3.05, 3.63) is 111 Å². The van der Waals surface area contributed by atoms with Crippen LogP contribution in [-0.2, 0) is 4.79 Å². The zero-order chi connectivity index (χ0) is 27.7. The molecule has 5 rings (SSSR count). The van der Waals surface area contributed by atoms with Crippen LogP contribution in [0.25, 0.3) is 5.69 Å². The van der Waals surface area contributed by atoms with Crippen molar-refractivity contribution in [2.45, 2.75) is 46.2 Å². The van der Waals surface area contributed by atoms with Gasteiger partial charge in [0.2, 0.25) is 5.91 Å². The van der Waals surface area contributed by atoms with Gasteiger partial charge in [-0.25, -0.2) is 0 Å². The van der Waals surface area contributed by atoms with Crippen LogP contribution in [0.5, 0.6) is 0 Å². The maximum Gasteiger partial charge on any atom is 0.226 e. The predicted molar refractivity (Wildman–Crippen MR) is 164 cm³/mol. The Balaban J connectivity index is 1.46. The molecule has 0 saturated carbocycles. The highest BCUT2D eigenvalue weighted by Crippen LogP contribution is 2.41. The Morgan fingerprint density at radius 2 is 1.82 bits per heavy atom. The third-order valence-electron chi connectivity index (χ3n) is 7.32. The molecule has 1 saturated heterocycles. The minimum atomic E-state index is -0.139. The third kappa shape index (κ3) is 5.63. The van der Waals surface area contributed by atoms with Crippen LogP contribution in [0.15, 0.2) is 77.4 Å². The highest BCUT2D eigenvalue weighted by molar-refractivity contribution is 9.10. The number of hydrogen-bond donors (Lipinski definition) is 2. The van der Waals surface area contributed by atoms with Crippen LogP contribution in [0.4, 0.5) is 5.69 Å². The maximum absolute atomic E-state index is 13.0. The molecule has 1 amide bonds. The number of pyridine rings is 1. The predicted octanol–water partition coefficient (Wildman–Crippen LogP) is 6.87. The smallest absolute Gasteiger partial charge is 0.226 e. The maximum atomic E-state index is 13.0.